The fourth-order valence-electron chi connectivity index (χ4n) is 1.88. The summed E-state index contributed by atoms with van der Waals surface area (Å²) in [4.78, 5) is 17.4. The highest BCUT2D eigenvalue weighted by Crippen LogP contribution is 2.22. The molecule has 0 spiro atoms. The second kappa shape index (κ2) is 7.08. The highest BCUT2D eigenvalue weighted by molar-refractivity contribution is 7.11. The summed E-state index contributed by atoms with van der Waals surface area (Å²) < 4.78 is 0. The van der Waals surface area contributed by atoms with E-state index in [-0.39, 0.29) is 5.91 Å². The molecule has 1 aromatic carbocycles. The van der Waals surface area contributed by atoms with E-state index in [0.29, 0.717) is 24.3 Å². The van der Waals surface area contributed by atoms with Crippen LogP contribution in [0.25, 0.3) is 0 Å². The topological polar surface area (TPSA) is 80.0 Å². The molecule has 112 valence electrons. The standard InChI is InChI=1S/C15H20N4OS/c1-3-11-8-19-14(21-11)9-18-13-7-10(5-6-12(13)16)15(20)17-4-2/h5-8,18H,3-4,9,16H2,1-2H3,(H,17,20). The van der Waals surface area contributed by atoms with Gasteiger partial charge >= 0.3 is 0 Å². The lowest BCUT2D eigenvalue weighted by atomic mass is 10.1. The molecule has 0 radical (unpaired) electrons. The monoisotopic (exact) mass is 304 g/mol. The maximum absolute atomic E-state index is 11.8. The molecule has 6 heteroatoms. The van der Waals surface area contributed by atoms with Crippen molar-refractivity contribution >= 4 is 28.6 Å². The van der Waals surface area contributed by atoms with Gasteiger partial charge in [0.25, 0.3) is 5.91 Å². The fourth-order valence-corrected chi connectivity index (χ4v) is 2.68. The maximum Gasteiger partial charge on any atom is 0.251 e. The van der Waals surface area contributed by atoms with Gasteiger partial charge in [0, 0.05) is 23.2 Å². The lowest BCUT2D eigenvalue weighted by Gasteiger charge is -2.10. The zero-order valence-corrected chi connectivity index (χ0v) is 13.1. The Hall–Kier alpha value is -2.08. The Morgan fingerprint density at radius 3 is 2.86 bits per heavy atom. The first-order valence-electron chi connectivity index (χ1n) is 6.99. The van der Waals surface area contributed by atoms with Gasteiger partial charge in [-0.2, -0.15) is 0 Å². The Morgan fingerprint density at radius 2 is 2.19 bits per heavy atom. The number of anilines is 2. The van der Waals surface area contributed by atoms with Crippen molar-refractivity contribution < 1.29 is 4.79 Å². The Labute approximate surface area is 128 Å². The first-order chi connectivity index (χ1) is 10.1. The van der Waals surface area contributed by atoms with E-state index in [1.165, 1.54) is 4.88 Å². The Bertz CT molecular complexity index is 624. The molecule has 5 nitrogen and oxygen atoms in total. The minimum atomic E-state index is -0.0944. The highest BCUT2D eigenvalue weighted by atomic mass is 32.1. The van der Waals surface area contributed by atoms with Crippen molar-refractivity contribution in [3.8, 4) is 0 Å². The number of carbonyl (C=O) groups excluding carboxylic acids is 1. The van der Waals surface area contributed by atoms with Crippen molar-refractivity contribution in [3.63, 3.8) is 0 Å². The number of benzene rings is 1. The molecule has 0 aliphatic carbocycles. The number of aromatic nitrogens is 1. The number of carbonyl (C=O) groups is 1. The third-order valence-electron chi connectivity index (χ3n) is 3.03. The minimum absolute atomic E-state index is 0.0944. The van der Waals surface area contributed by atoms with Gasteiger partial charge in [-0.15, -0.1) is 11.3 Å². The number of hydrogen-bond donors (Lipinski definition) is 3. The van der Waals surface area contributed by atoms with Gasteiger partial charge in [0.15, 0.2) is 0 Å². The molecule has 1 heterocycles. The van der Waals surface area contributed by atoms with Crippen LogP contribution in [-0.4, -0.2) is 17.4 Å². The summed E-state index contributed by atoms with van der Waals surface area (Å²) in [5.41, 5.74) is 7.92. The molecule has 0 fully saturated rings. The highest BCUT2D eigenvalue weighted by Gasteiger charge is 2.08. The van der Waals surface area contributed by atoms with E-state index in [9.17, 15) is 4.79 Å². The van der Waals surface area contributed by atoms with E-state index >= 15 is 0 Å². The number of thiazole rings is 1. The van der Waals surface area contributed by atoms with Gasteiger partial charge in [-0.1, -0.05) is 6.92 Å². The second-order valence-corrected chi connectivity index (χ2v) is 5.79. The Kier molecular flexibility index (Phi) is 5.16. The molecule has 0 aliphatic rings. The molecule has 0 atom stereocenters. The molecule has 1 aromatic heterocycles. The molecule has 0 aliphatic heterocycles. The first-order valence-corrected chi connectivity index (χ1v) is 7.80. The molecule has 21 heavy (non-hydrogen) atoms. The van der Waals surface area contributed by atoms with Crippen LogP contribution >= 0.6 is 11.3 Å². The van der Waals surface area contributed by atoms with Crippen LogP contribution < -0.4 is 16.4 Å². The number of rotatable bonds is 6. The number of aryl methyl sites for hydroxylation is 1. The average Bonchev–Trinajstić information content (AvgIpc) is 2.94. The summed E-state index contributed by atoms with van der Waals surface area (Å²) in [5.74, 6) is -0.0944. The van der Waals surface area contributed by atoms with Gasteiger partial charge in [-0.25, -0.2) is 4.98 Å². The van der Waals surface area contributed by atoms with Crippen molar-refractivity contribution in [2.45, 2.75) is 26.8 Å². The number of nitrogen functional groups attached to an aromatic ring is 1. The SMILES string of the molecule is CCNC(=O)c1ccc(N)c(NCc2ncc(CC)s2)c1. The fraction of sp³-hybridized carbons (Fsp3) is 0.333. The number of nitrogens with one attached hydrogen (secondary N) is 2. The zero-order valence-electron chi connectivity index (χ0n) is 12.3. The number of hydrogen-bond acceptors (Lipinski definition) is 5. The average molecular weight is 304 g/mol. The van der Waals surface area contributed by atoms with Crippen LogP contribution in [0.5, 0.6) is 0 Å². The van der Waals surface area contributed by atoms with Crippen molar-refractivity contribution in [2.75, 3.05) is 17.6 Å². The molecule has 2 aromatic rings. The first kappa shape index (κ1) is 15.3. The van der Waals surface area contributed by atoms with Gasteiger partial charge < -0.3 is 16.4 Å². The predicted molar refractivity (Wildman–Crippen MR) is 87.7 cm³/mol. The molecule has 1 amide bonds. The molecule has 0 saturated carbocycles. The smallest absolute Gasteiger partial charge is 0.251 e. The van der Waals surface area contributed by atoms with Crippen molar-refractivity contribution in [1.29, 1.82) is 0 Å². The van der Waals surface area contributed by atoms with Gasteiger partial charge in [-0.3, -0.25) is 4.79 Å². The molecule has 2 rings (SSSR count). The summed E-state index contributed by atoms with van der Waals surface area (Å²) in [7, 11) is 0. The van der Waals surface area contributed by atoms with E-state index in [1.807, 2.05) is 13.1 Å². The second-order valence-electron chi connectivity index (χ2n) is 4.59. The van der Waals surface area contributed by atoms with Crippen LogP contribution in [0.4, 0.5) is 11.4 Å². The molecular weight excluding hydrogens is 284 g/mol. The van der Waals surface area contributed by atoms with Crippen molar-refractivity contribution in [3.05, 3.63) is 39.8 Å². The van der Waals surface area contributed by atoms with E-state index in [2.05, 4.69) is 22.5 Å². The summed E-state index contributed by atoms with van der Waals surface area (Å²) >= 11 is 1.68. The maximum atomic E-state index is 11.8. The van der Waals surface area contributed by atoms with Crippen LogP contribution in [0, 0.1) is 0 Å². The Morgan fingerprint density at radius 1 is 1.38 bits per heavy atom. The lowest BCUT2D eigenvalue weighted by molar-refractivity contribution is 0.0956. The van der Waals surface area contributed by atoms with Crippen LogP contribution in [0.3, 0.4) is 0 Å². The van der Waals surface area contributed by atoms with Crippen LogP contribution in [0.1, 0.15) is 34.1 Å². The third-order valence-corrected chi connectivity index (χ3v) is 4.17. The predicted octanol–water partition coefficient (Wildman–Crippen LogP) is 2.65. The minimum Gasteiger partial charge on any atom is -0.397 e. The van der Waals surface area contributed by atoms with E-state index in [4.69, 9.17) is 5.73 Å². The van der Waals surface area contributed by atoms with Gasteiger partial charge in [0.1, 0.15) is 5.01 Å². The van der Waals surface area contributed by atoms with Gasteiger partial charge in [0.05, 0.1) is 17.9 Å². The molecule has 0 bridgehead atoms. The number of amides is 1. The largest absolute Gasteiger partial charge is 0.397 e. The molecule has 4 N–H and O–H groups in total. The van der Waals surface area contributed by atoms with E-state index in [0.717, 1.165) is 17.1 Å². The molecular formula is C15H20N4OS. The van der Waals surface area contributed by atoms with E-state index in [1.54, 1.807) is 29.5 Å². The van der Waals surface area contributed by atoms with Crippen LogP contribution in [0.15, 0.2) is 24.4 Å². The molecule has 0 saturated heterocycles. The number of nitrogens with two attached hydrogens (primary N) is 1. The van der Waals surface area contributed by atoms with Crippen LogP contribution in [0.2, 0.25) is 0 Å². The van der Waals surface area contributed by atoms with Crippen molar-refractivity contribution in [2.24, 2.45) is 0 Å². The number of nitrogens with zero attached hydrogens (tertiary/aromatic N) is 1. The Balaban J connectivity index is 2.08. The summed E-state index contributed by atoms with van der Waals surface area (Å²) in [6.07, 6.45) is 2.89. The molecule has 0 unspecified atom stereocenters. The van der Waals surface area contributed by atoms with Crippen LogP contribution in [-0.2, 0) is 13.0 Å². The summed E-state index contributed by atoms with van der Waals surface area (Å²) in [6.45, 7) is 5.21. The third kappa shape index (κ3) is 3.95. The summed E-state index contributed by atoms with van der Waals surface area (Å²) in [5, 5.41) is 7.03. The van der Waals surface area contributed by atoms with Crippen molar-refractivity contribution in [1.82, 2.24) is 10.3 Å². The lowest BCUT2D eigenvalue weighted by Crippen LogP contribution is -2.22. The quantitative estimate of drug-likeness (QED) is 0.717. The van der Waals surface area contributed by atoms with E-state index < -0.39 is 0 Å². The van der Waals surface area contributed by atoms with Gasteiger partial charge in [-0.05, 0) is 31.5 Å². The summed E-state index contributed by atoms with van der Waals surface area (Å²) in [6, 6.07) is 5.24. The van der Waals surface area contributed by atoms with Gasteiger partial charge in [0.2, 0.25) is 0 Å². The zero-order chi connectivity index (χ0) is 15.2. The normalized spacial score (nSPS) is 10.4.